The number of aliphatic imine (C=N–C) groups is 1. The second-order valence-electron chi connectivity index (χ2n) is 9.63. The molecule has 0 radical (unpaired) electrons. The van der Waals surface area contributed by atoms with Gasteiger partial charge in [-0.3, -0.25) is 4.90 Å². The topological polar surface area (TPSA) is 56.2 Å². The summed E-state index contributed by atoms with van der Waals surface area (Å²) in [5.41, 5.74) is 1.16. The fraction of sp³-hybridized carbons (Fsp3) is 0.708. The highest BCUT2D eigenvalue weighted by molar-refractivity contribution is 7.89. The van der Waals surface area contributed by atoms with Crippen molar-refractivity contribution < 1.29 is 8.42 Å². The second-order valence-corrected chi connectivity index (χ2v) is 11.5. The minimum Gasteiger partial charge on any atom is -0.339 e. The van der Waals surface area contributed by atoms with Gasteiger partial charge in [-0.25, -0.2) is 17.7 Å². The van der Waals surface area contributed by atoms with Gasteiger partial charge < -0.3 is 4.90 Å². The van der Waals surface area contributed by atoms with Crippen LogP contribution in [0.4, 0.5) is 0 Å². The summed E-state index contributed by atoms with van der Waals surface area (Å²) in [7, 11) is -3.60. The molecule has 172 valence electrons. The van der Waals surface area contributed by atoms with E-state index in [9.17, 15) is 8.42 Å². The molecule has 2 heterocycles. The molecule has 1 aliphatic carbocycles. The molecule has 2 fully saturated rings. The number of hydrogen-bond acceptors (Lipinski definition) is 5. The van der Waals surface area contributed by atoms with Crippen molar-refractivity contribution in [3.8, 4) is 0 Å². The Balaban J connectivity index is 1.49. The van der Waals surface area contributed by atoms with Crippen LogP contribution in [0.2, 0.25) is 0 Å². The largest absolute Gasteiger partial charge is 0.339 e. The van der Waals surface area contributed by atoms with Crippen LogP contribution in [0.3, 0.4) is 0 Å². The summed E-state index contributed by atoms with van der Waals surface area (Å²) in [5.74, 6) is 1.61. The van der Waals surface area contributed by atoms with Gasteiger partial charge in [0, 0.05) is 26.2 Å². The average Bonchev–Trinajstić information content (AvgIpc) is 3.52. The molecule has 1 saturated carbocycles. The third-order valence-corrected chi connectivity index (χ3v) is 8.65. The lowest BCUT2D eigenvalue weighted by Gasteiger charge is -2.37. The number of guanidine groups is 1. The van der Waals surface area contributed by atoms with Gasteiger partial charge in [0.1, 0.15) is 0 Å². The summed E-state index contributed by atoms with van der Waals surface area (Å²) in [4.78, 5) is 10.0. The average molecular weight is 447 g/mol. The molecule has 6 nitrogen and oxygen atoms in total. The zero-order valence-electron chi connectivity index (χ0n) is 19.3. The maximum absolute atomic E-state index is 13.6. The standard InChI is InChI=1S/C24H38N4O2S/c1-4-5-6-13-26-14-16-27(17-15-26)24-25-23(21-7-8-21)18-28(24)31(29,30)22-11-9-20(10-12-22)19(2)3/h9-12,19,21,23H,4-8,13-18H2,1-3H3/t23-/m0/s1. The molecular formula is C24H38N4O2S. The maximum Gasteiger partial charge on any atom is 0.266 e. The number of hydrogen-bond donors (Lipinski definition) is 0. The molecule has 3 aliphatic rings. The van der Waals surface area contributed by atoms with E-state index in [1.165, 1.54) is 32.1 Å². The molecule has 2 aliphatic heterocycles. The SMILES string of the molecule is CCCCCN1CCN(C2=N[C@H](C3CC3)CN2S(=O)(=O)c2ccc(C(C)C)cc2)CC1. The van der Waals surface area contributed by atoms with E-state index in [-0.39, 0.29) is 6.04 Å². The van der Waals surface area contributed by atoms with E-state index >= 15 is 0 Å². The van der Waals surface area contributed by atoms with E-state index in [0.717, 1.165) is 38.3 Å². The van der Waals surface area contributed by atoms with Crippen molar-refractivity contribution in [2.45, 2.75) is 69.7 Å². The molecule has 0 aromatic heterocycles. The molecule has 0 unspecified atom stereocenters. The van der Waals surface area contributed by atoms with E-state index < -0.39 is 10.0 Å². The fourth-order valence-electron chi connectivity index (χ4n) is 4.59. The van der Waals surface area contributed by atoms with Gasteiger partial charge in [-0.2, -0.15) is 0 Å². The van der Waals surface area contributed by atoms with Gasteiger partial charge >= 0.3 is 0 Å². The lowest BCUT2D eigenvalue weighted by molar-refractivity contribution is 0.174. The van der Waals surface area contributed by atoms with Crippen molar-refractivity contribution in [2.24, 2.45) is 10.9 Å². The van der Waals surface area contributed by atoms with Crippen molar-refractivity contribution >= 4 is 16.0 Å². The first kappa shape index (κ1) is 22.6. The zero-order valence-corrected chi connectivity index (χ0v) is 20.1. The normalized spacial score (nSPS) is 23.0. The van der Waals surface area contributed by atoms with Crippen molar-refractivity contribution in [2.75, 3.05) is 39.3 Å². The van der Waals surface area contributed by atoms with E-state index in [1.54, 1.807) is 16.4 Å². The molecule has 7 heteroatoms. The van der Waals surface area contributed by atoms with Gasteiger partial charge in [0.15, 0.2) is 0 Å². The molecule has 4 rings (SSSR count). The highest BCUT2D eigenvalue weighted by Crippen LogP contribution is 2.38. The Labute approximate surface area is 188 Å². The van der Waals surface area contributed by atoms with Gasteiger partial charge in [0.2, 0.25) is 5.96 Å². The van der Waals surface area contributed by atoms with Crippen molar-refractivity contribution in [1.29, 1.82) is 0 Å². The number of nitrogens with zero attached hydrogens (tertiary/aromatic N) is 4. The van der Waals surface area contributed by atoms with Crippen LogP contribution in [0.1, 0.15) is 64.4 Å². The Morgan fingerprint density at radius 2 is 1.71 bits per heavy atom. The summed E-state index contributed by atoms with van der Waals surface area (Å²) in [6.07, 6.45) is 6.10. The number of rotatable bonds is 8. The predicted octanol–water partition coefficient (Wildman–Crippen LogP) is 3.76. The van der Waals surface area contributed by atoms with E-state index in [1.807, 2.05) is 12.1 Å². The summed E-state index contributed by atoms with van der Waals surface area (Å²) >= 11 is 0. The van der Waals surface area contributed by atoms with Crippen LogP contribution in [0.25, 0.3) is 0 Å². The molecule has 0 amide bonds. The number of benzene rings is 1. The summed E-state index contributed by atoms with van der Waals surface area (Å²) in [6.45, 7) is 11.8. The third kappa shape index (κ3) is 5.08. The molecule has 0 spiro atoms. The Hall–Kier alpha value is -1.60. The Morgan fingerprint density at radius 3 is 2.29 bits per heavy atom. The van der Waals surface area contributed by atoms with Crippen LogP contribution < -0.4 is 0 Å². The van der Waals surface area contributed by atoms with E-state index in [0.29, 0.717) is 29.2 Å². The Kier molecular flexibility index (Phi) is 6.92. The van der Waals surface area contributed by atoms with Crippen molar-refractivity contribution in [3.05, 3.63) is 29.8 Å². The Bertz CT molecular complexity index is 869. The first-order valence-electron chi connectivity index (χ1n) is 12.1. The Morgan fingerprint density at radius 1 is 1.03 bits per heavy atom. The predicted molar refractivity (Wildman–Crippen MR) is 126 cm³/mol. The maximum atomic E-state index is 13.6. The minimum absolute atomic E-state index is 0.113. The van der Waals surface area contributed by atoms with Gasteiger partial charge in [-0.15, -0.1) is 0 Å². The van der Waals surface area contributed by atoms with Crippen LogP contribution in [0, 0.1) is 5.92 Å². The van der Waals surface area contributed by atoms with Gasteiger partial charge in [-0.05, 0) is 55.3 Å². The highest BCUT2D eigenvalue weighted by atomic mass is 32.2. The number of piperazine rings is 1. The van der Waals surface area contributed by atoms with Gasteiger partial charge in [0.05, 0.1) is 17.5 Å². The second kappa shape index (κ2) is 9.49. The van der Waals surface area contributed by atoms with Crippen molar-refractivity contribution in [1.82, 2.24) is 14.1 Å². The molecular weight excluding hydrogens is 408 g/mol. The van der Waals surface area contributed by atoms with Gasteiger partial charge in [0.25, 0.3) is 10.0 Å². The molecule has 31 heavy (non-hydrogen) atoms. The molecule has 1 aromatic carbocycles. The molecule has 0 bridgehead atoms. The quantitative estimate of drug-likeness (QED) is 0.571. The lowest BCUT2D eigenvalue weighted by Crippen LogP contribution is -2.53. The summed E-state index contributed by atoms with van der Waals surface area (Å²) in [6, 6.07) is 7.52. The number of unbranched alkanes of at least 4 members (excludes halogenated alkanes) is 2. The van der Waals surface area contributed by atoms with Crippen LogP contribution in [-0.4, -0.2) is 73.8 Å². The first-order chi connectivity index (χ1) is 14.9. The van der Waals surface area contributed by atoms with Gasteiger partial charge in [-0.1, -0.05) is 45.7 Å². The van der Waals surface area contributed by atoms with E-state index in [4.69, 9.17) is 4.99 Å². The fourth-order valence-corrected chi connectivity index (χ4v) is 6.06. The first-order valence-corrected chi connectivity index (χ1v) is 13.5. The minimum atomic E-state index is -3.60. The summed E-state index contributed by atoms with van der Waals surface area (Å²) in [5, 5.41) is 0. The molecule has 1 atom stereocenters. The summed E-state index contributed by atoms with van der Waals surface area (Å²) < 4.78 is 28.8. The van der Waals surface area contributed by atoms with Crippen LogP contribution in [0.15, 0.2) is 34.2 Å². The molecule has 1 aromatic rings. The monoisotopic (exact) mass is 446 g/mol. The molecule has 1 saturated heterocycles. The van der Waals surface area contributed by atoms with Crippen LogP contribution in [-0.2, 0) is 10.0 Å². The number of sulfonamides is 1. The highest BCUT2D eigenvalue weighted by Gasteiger charge is 2.43. The van der Waals surface area contributed by atoms with Crippen LogP contribution in [0.5, 0.6) is 0 Å². The zero-order chi connectivity index (χ0) is 22.0. The van der Waals surface area contributed by atoms with Crippen LogP contribution >= 0.6 is 0 Å². The molecule has 0 N–H and O–H groups in total. The smallest absolute Gasteiger partial charge is 0.266 e. The third-order valence-electron chi connectivity index (χ3n) is 6.89. The lowest BCUT2D eigenvalue weighted by atomic mass is 10.0. The van der Waals surface area contributed by atoms with Crippen molar-refractivity contribution in [3.63, 3.8) is 0 Å². The van der Waals surface area contributed by atoms with E-state index in [2.05, 4.69) is 30.6 Å².